The number of nitrogens with zero attached hydrogens (tertiary/aromatic N) is 1. The molecule has 0 saturated carbocycles. The standard InChI is InChI=1S/C18H15F2NO4/c1-3-24-15-12(6-7-14(16(15)23-2)25-18(19)20)10-4-5-13-11(8-10)9-21-17(13)22/h4-9,18H,3H2,1-2H3. The van der Waals surface area contributed by atoms with Crippen LogP contribution in [0.5, 0.6) is 17.2 Å². The summed E-state index contributed by atoms with van der Waals surface area (Å²) in [5.41, 5.74) is 2.59. The van der Waals surface area contributed by atoms with Crippen LogP contribution >= 0.6 is 0 Å². The molecular formula is C18H15F2NO4. The van der Waals surface area contributed by atoms with E-state index in [4.69, 9.17) is 9.47 Å². The molecule has 0 aliphatic carbocycles. The largest absolute Gasteiger partial charge is 0.490 e. The Morgan fingerprint density at radius 1 is 1.12 bits per heavy atom. The second-order valence-corrected chi connectivity index (χ2v) is 5.15. The van der Waals surface area contributed by atoms with Crippen LogP contribution < -0.4 is 14.2 Å². The summed E-state index contributed by atoms with van der Waals surface area (Å²) in [6.45, 7) is -0.888. The van der Waals surface area contributed by atoms with Gasteiger partial charge in [0.2, 0.25) is 5.75 Å². The Morgan fingerprint density at radius 2 is 1.88 bits per heavy atom. The Labute approximate surface area is 142 Å². The van der Waals surface area contributed by atoms with Crippen LogP contribution in [0.4, 0.5) is 8.78 Å². The second kappa shape index (κ2) is 6.88. The average molecular weight is 347 g/mol. The van der Waals surface area contributed by atoms with Crippen LogP contribution in [0.1, 0.15) is 22.8 Å². The van der Waals surface area contributed by atoms with E-state index in [1.54, 1.807) is 31.2 Å². The van der Waals surface area contributed by atoms with Gasteiger partial charge < -0.3 is 14.2 Å². The van der Waals surface area contributed by atoms with Gasteiger partial charge in [-0.1, -0.05) is 6.07 Å². The third-order valence-corrected chi connectivity index (χ3v) is 3.70. The monoisotopic (exact) mass is 347 g/mol. The van der Waals surface area contributed by atoms with E-state index in [1.165, 1.54) is 19.4 Å². The van der Waals surface area contributed by atoms with Crippen LogP contribution in [-0.2, 0) is 0 Å². The molecule has 3 rings (SSSR count). The lowest BCUT2D eigenvalue weighted by Gasteiger charge is -2.18. The van der Waals surface area contributed by atoms with Crippen molar-refractivity contribution in [3.8, 4) is 28.4 Å². The molecule has 0 saturated heterocycles. The Balaban J connectivity index is 2.12. The molecule has 1 heterocycles. The van der Waals surface area contributed by atoms with E-state index >= 15 is 0 Å². The number of hydrogen-bond donors (Lipinski definition) is 0. The van der Waals surface area contributed by atoms with Gasteiger partial charge in [0.05, 0.1) is 19.3 Å². The predicted octanol–water partition coefficient (Wildman–Crippen LogP) is 3.94. The van der Waals surface area contributed by atoms with Crippen molar-refractivity contribution in [1.29, 1.82) is 0 Å². The number of benzene rings is 2. The number of alkyl halides is 2. The average Bonchev–Trinajstić information content (AvgIpc) is 2.95. The highest BCUT2D eigenvalue weighted by Gasteiger charge is 2.22. The van der Waals surface area contributed by atoms with Gasteiger partial charge in [-0.05, 0) is 36.8 Å². The number of fused-ring (bicyclic) bond motifs is 1. The van der Waals surface area contributed by atoms with E-state index in [0.29, 0.717) is 29.0 Å². The maximum absolute atomic E-state index is 12.6. The van der Waals surface area contributed by atoms with Gasteiger partial charge >= 0.3 is 6.61 Å². The quantitative estimate of drug-likeness (QED) is 0.794. The summed E-state index contributed by atoms with van der Waals surface area (Å²) >= 11 is 0. The molecule has 2 aromatic carbocycles. The third-order valence-electron chi connectivity index (χ3n) is 3.70. The summed E-state index contributed by atoms with van der Waals surface area (Å²) in [5.74, 6) is -0.0123. The van der Waals surface area contributed by atoms with Crippen LogP contribution in [0, 0.1) is 0 Å². The van der Waals surface area contributed by atoms with Crippen LogP contribution in [0.3, 0.4) is 0 Å². The van der Waals surface area contributed by atoms with Crippen LogP contribution in [0.2, 0.25) is 0 Å². The van der Waals surface area contributed by atoms with Gasteiger partial charge in [-0.25, -0.2) is 4.99 Å². The maximum atomic E-state index is 12.6. The highest BCUT2D eigenvalue weighted by Crippen LogP contribution is 2.45. The minimum atomic E-state index is -2.98. The fourth-order valence-electron chi connectivity index (χ4n) is 2.67. The highest BCUT2D eigenvalue weighted by atomic mass is 19.3. The number of methoxy groups -OCH3 is 1. The smallest absolute Gasteiger partial charge is 0.387 e. The van der Waals surface area contributed by atoms with Crippen LogP contribution in [0.25, 0.3) is 11.1 Å². The number of rotatable bonds is 6. The molecule has 0 N–H and O–H groups in total. The van der Waals surface area contributed by atoms with E-state index in [0.717, 1.165) is 5.56 Å². The zero-order valence-corrected chi connectivity index (χ0v) is 13.6. The number of carbonyl (C=O) groups is 1. The summed E-state index contributed by atoms with van der Waals surface area (Å²) in [4.78, 5) is 15.4. The minimum Gasteiger partial charge on any atom is -0.490 e. The van der Waals surface area contributed by atoms with Gasteiger partial charge in [0.25, 0.3) is 5.91 Å². The van der Waals surface area contributed by atoms with Crippen molar-refractivity contribution < 1.29 is 27.8 Å². The lowest BCUT2D eigenvalue weighted by atomic mass is 9.99. The van der Waals surface area contributed by atoms with Gasteiger partial charge in [-0.15, -0.1) is 0 Å². The molecule has 0 spiro atoms. The van der Waals surface area contributed by atoms with E-state index in [-0.39, 0.29) is 17.4 Å². The van der Waals surface area contributed by atoms with E-state index in [2.05, 4.69) is 9.73 Å². The van der Waals surface area contributed by atoms with Gasteiger partial charge in [0.15, 0.2) is 11.5 Å². The number of carbonyl (C=O) groups excluding carboxylic acids is 1. The summed E-state index contributed by atoms with van der Waals surface area (Å²) in [7, 11) is 1.36. The summed E-state index contributed by atoms with van der Waals surface area (Å²) < 4.78 is 40.6. The Hall–Kier alpha value is -2.96. The zero-order chi connectivity index (χ0) is 18.0. The SMILES string of the molecule is CCOc1c(-c2ccc3c(c2)C=NC3=O)ccc(OC(F)F)c1OC. The molecule has 1 aliphatic heterocycles. The van der Waals surface area contributed by atoms with Crippen LogP contribution in [-0.4, -0.2) is 32.4 Å². The molecule has 0 radical (unpaired) electrons. The predicted molar refractivity (Wildman–Crippen MR) is 88.2 cm³/mol. The molecule has 1 aliphatic rings. The lowest BCUT2D eigenvalue weighted by molar-refractivity contribution is -0.0513. The van der Waals surface area contributed by atoms with Crippen molar-refractivity contribution in [1.82, 2.24) is 0 Å². The number of hydrogen-bond acceptors (Lipinski definition) is 4. The van der Waals surface area contributed by atoms with E-state index < -0.39 is 6.61 Å². The highest BCUT2D eigenvalue weighted by molar-refractivity contribution is 6.13. The van der Waals surface area contributed by atoms with Crippen molar-refractivity contribution in [2.45, 2.75) is 13.5 Å². The molecule has 0 bridgehead atoms. The van der Waals surface area contributed by atoms with Crippen molar-refractivity contribution in [2.75, 3.05) is 13.7 Å². The zero-order valence-electron chi connectivity index (χ0n) is 13.6. The van der Waals surface area contributed by atoms with Crippen molar-refractivity contribution >= 4 is 12.1 Å². The molecule has 130 valence electrons. The molecule has 25 heavy (non-hydrogen) atoms. The number of amides is 1. The molecule has 0 aromatic heterocycles. The Kier molecular flexibility index (Phi) is 4.65. The van der Waals surface area contributed by atoms with Gasteiger partial charge in [-0.3, -0.25) is 4.79 Å². The lowest BCUT2D eigenvalue weighted by Crippen LogP contribution is -2.06. The second-order valence-electron chi connectivity index (χ2n) is 5.15. The molecule has 0 atom stereocenters. The normalized spacial score (nSPS) is 12.4. The first-order chi connectivity index (χ1) is 12.0. The van der Waals surface area contributed by atoms with E-state index in [1.807, 2.05) is 0 Å². The summed E-state index contributed by atoms with van der Waals surface area (Å²) in [6.07, 6.45) is 1.49. The number of aliphatic imine (C=N–C) groups is 1. The third kappa shape index (κ3) is 3.17. The Morgan fingerprint density at radius 3 is 2.56 bits per heavy atom. The molecular weight excluding hydrogens is 332 g/mol. The maximum Gasteiger partial charge on any atom is 0.387 e. The fourth-order valence-corrected chi connectivity index (χ4v) is 2.67. The van der Waals surface area contributed by atoms with Gasteiger partial charge in [0.1, 0.15) is 0 Å². The first-order valence-electron chi connectivity index (χ1n) is 7.56. The summed E-state index contributed by atoms with van der Waals surface area (Å²) in [6, 6.07) is 8.22. The molecule has 7 heteroatoms. The van der Waals surface area contributed by atoms with Crippen molar-refractivity contribution in [2.24, 2.45) is 4.99 Å². The topological polar surface area (TPSA) is 57.1 Å². The van der Waals surface area contributed by atoms with Gasteiger partial charge in [0, 0.05) is 17.3 Å². The number of ether oxygens (including phenoxy) is 3. The minimum absolute atomic E-state index is 0.0879. The molecule has 0 unspecified atom stereocenters. The fraction of sp³-hybridized carbons (Fsp3) is 0.222. The molecule has 5 nitrogen and oxygen atoms in total. The first kappa shape index (κ1) is 16.9. The van der Waals surface area contributed by atoms with Crippen LogP contribution in [0.15, 0.2) is 35.3 Å². The van der Waals surface area contributed by atoms with Gasteiger partial charge in [-0.2, -0.15) is 8.78 Å². The first-order valence-corrected chi connectivity index (χ1v) is 7.56. The van der Waals surface area contributed by atoms with Crippen molar-refractivity contribution in [3.63, 3.8) is 0 Å². The number of halogens is 2. The molecule has 2 aromatic rings. The van der Waals surface area contributed by atoms with Crippen molar-refractivity contribution in [3.05, 3.63) is 41.5 Å². The molecule has 0 fully saturated rings. The Bertz CT molecular complexity index is 849. The van der Waals surface area contributed by atoms with E-state index in [9.17, 15) is 13.6 Å². The summed E-state index contributed by atoms with van der Waals surface area (Å²) in [5, 5.41) is 0. The molecule has 1 amide bonds.